The van der Waals surface area contributed by atoms with Crippen molar-refractivity contribution in [2.24, 2.45) is 0 Å². The Morgan fingerprint density at radius 2 is 2.26 bits per heavy atom. The number of nitrogens with one attached hydrogen (secondary N) is 2. The predicted molar refractivity (Wildman–Crippen MR) is 92.9 cm³/mol. The van der Waals surface area contributed by atoms with Crippen LogP contribution in [0.2, 0.25) is 0 Å². The van der Waals surface area contributed by atoms with Crippen LogP contribution in [0.4, 0.5) is 4.39 Å². The van der Waals surface area contributed by atoms with Gasteiger partial charge >= 0.3 is 0 Å². The van der Waals surface area contributed by atoms with Crippen LogP contribution in [0.25, 0.3) is 16.5 Å². The zero-order valence-corrected chi connectivity index (χ0v) is 13.5. The molecule has 0 aliphatic rings. The maximum atomic E-state index is 13.3. The van der Waals surface area contributed by atoms with Crippen LogP contribution in [0.1, 0.15) is 17.4 Å². The van der Waals surface area contributed by atoms with Crippen LogP contribution in [0.15, 0.2) is 48.0 Å². The van der Waals surface area contributed by atoms with Gasteiger partial charge in [-0.25, -0.2) is 4.39 Å². The lowest BCUT2D eigenvalue weighted by Gasteiger charge is -2.03. The number of carbonyl (C=O) groups excluding carboxylic acids is 1. The molecule has 0 fully saturated rings. The number of hydrogen-bond donors (Lipinski definition) is 2. The molecule has 3 rings (SSSR count). The van der Waals surface area contributed by atoms with Crippen LogP contribution in [0.5, 0.6) is 0 Å². The fourth-order valence-corrected chi connectivity index (χ4v) is 3.21. The second-order valence-electron chi connectivity index (χ2n) is 5.35. The molecule has 2 N–H and O–H groups in total. The molecule has 0 aliphatic heterocycles. The van der Waals surface area contributed by atoms with E-state index in [9.17, 15) is 9.18 Å². The Morgan fingerprint density at radius 3 is 3.04 bits per heavy atom. The van der Waals surface area contributed by atoms with Crippen molar-refractivity contribution in [2.45, 2.75) is 13.3 Å². The summed E-state index contributed by atoms with van der Waals surface area (Å²) in [6.07, 6.45) is 4.13. The Labute approximate surface area is 137 Å². The van der Waals surface area contributed by atoms with Gasteiger partial charge in [-0.05, 0) is 54.1 Å². The van der Waals surface area contributed by atoms with Crippen molar-refractivity contribution in [1.29, 1.82) is 0 Å². The molecule has 0 spiro atoms. The standard InChI is InChI=1S/C18H17FN2OS/c1-12(17-3-2-8-23-17)9-18(22)20-7-6-13-11-21-16-5-4-14(19)10-15(13)16/h2-5,8-11,21H,6-7H2,1H3,(H,20,22). The summed E-state index contributed by atoms with van der Waals surface area (Å²) < 4.78 is 13.3. The smallest absolute Gasteiger partial charge is 0.244 e. The molecule has 0 bridgehead atoms. The van der Waals surface area contributed by atoms with E-state index in [2.05, 4.69) is 10.3 Å². The molecule has 23 heavy (non-hydrogen) atoms. The van der Waals surface area contributed by atoms with Gasteiger partial charge in [-0.1, -0.05) is 6.07 Å². The molecule has 5 heteroatoms. The Balaban J connectivity index is 1.59. The van der Waals surface area contributed by atoms with Gasteiger partial charge in [-0.15, -0.1) is 11.3 Å². The van der Waals surface area contributed by atoms with Gasteiger partial charge in [0.05, 0.1) is 0 Å². The number of carbonyl (C=O) groups is 1. The van der Waals surface area contributed by atoms with Crippen LogP contribution < -0.4 is 5.32 Å². The number of H-pyrrole nitrogens is 1. The molecular weight excluding hydrogens is 311 g/mol. The summed E-state index contributed by atoms with van der Waals surface area (Å²) >= 11 is 1.61. The van der Waals surface area contributed by atoms with Gasteiger partial charge in [0.2, 0.25) is 5.91 Å². The van der Waals surface area contributed by atoms with Crippen molar-refractivity contribution < 1.29 is 9.18 Å². The molecule has 1 amide bonds. The molecule has 3 nitrogen and oxygen atoms in total. The average molecular weight is 328 g/mol. The number of amides is 1. The number of hydrogen-bond acceptors (Lipinski definition) is 2. The molecular formula is C18H17FN2OS. The van der Waals surface area contributed by atoms with Crippen LogP contribution in [-0.4, -0.2) is 17.4 Å². The number of rotatable bonds is 5. The molecule has 118 valence electrons. The van der Waals surface area contributed by atoms with Crippen LogP contribution in [0.3, 0.4) is 0 Å². The molecule has 1 aromatic carbocycles. The van der Waals surface area contributed by atoms with E-state index in [0.717, 1.165) is 26.9 Å². The lowest BCUT2D eigenvalue weighted by molar-refractivity contribution is -0.116. The Morgan fingerprint density at radius 1 is 1.39 bits per heavy atom. The van der Waals surface area contributed by atoms with Gasteiger partial charge < -0.3 is 10.3 Å². The summed E-state index contributed by atoms with van der Waals surface area (Å²) in [5.41, 5.74) is 2.85. The Kier molecular flexibility index (Phi) is 4.57. The number of thiophene rings is 1. The minimum absolute atomic E-state index is 0.109. The van der Waals surface area contributed by atoms with Crippen LogP contribution in [-0.2, 0) is 11.2 Å². The highest BCUT2D eigenvalue weighted by Gasteiger charge is 2.06. The third-order valence-corrected chi connectivity index (χ3v) is 4.69. The van der Waals surface area contributed by atoms with Crippen LogP contribution in [0, 0.1) is 5.82 Å². The monoisotopic (exact) mass is 328 g/mol. The van der Waals surface area contributed by atoms with E-state index in [-0.39, 0.29) is 11.7 Å². The second kappa shape index (κ2) is 6.79. The van der Waals surface area contributed by atoms with E-state index < -0.39 is 0 Å². The molecule has 0 atom stereocenters. The van der Waals surface area contributed by atoms with E-state index in [0.29, 0.717) is 13.0 Å². The number of aromatic nitrogens is 1. The highest BCUT2D eigenvalue weighted by atomic mass is 32.1. The van der Waals surface area contributed by atoms with E-state index in [4.69, 9.17) is 0 Å². The molecule has 0 unspecified atom stereocenters. The summed E-state index contributed by atoms with van der Waals surface area (Å²) in [5.74, 6) is -0.362. The SMILES string of the molecule is CC(=CC(=O)NCCc1c[nH]c2ccc(F)cc12)c1cccs1. The van der Waals surface area contributed by atoms with Gasteiger partial charge in [-0.2, -0.15) is 0 Å². The molecule has 2 heterocycles. The van der Waals surface area contributed by atoms with Crippen molar-refractivity contribution in [3.63, 3.8) is 0 Å². The fourth-order valence-electron chi connectivity index (χ4n) is 2.50. The lowest BCUT2D eigenvalue weighted by Crippen LogP contribution is -2.23. The number of aromatic amines is 1. The maximum Gasteiger partial charge on any atom is 0.244 e. The highest BCUT2D eigenvalue weighted by Crippen LogP contribution is 2.20. The molecule has 0 saturated carbocycles. The quantitative estimate of drug-likeness (QED) is 0.680. The van der Waals surface area contributed by atoms with Gasteiger partial charge in [0.15, 0.2) is 0 Å². The molecule has 0 aliphatic carbocycles. The number of benzene rings is 1. The first-order valence-electron chi connectivity index (χ1n) is 7.39. The zero-order chi connectivity index (χ0) is 16.2. The van der Waals surface area contributed by atoms with Crippen molar-refractivity contribution in [2.75, 3.05) is 6.54 Å². The number of fused-ring (bicyclic) bond motifs is 1. The number of halogens is 1. The van der Waals surface area contributed by atoms with Crippen molar-refractivity contribution in [1.82, 2.24) is 10.3 Å². The first-order chi connectivity index (χ1) is 11.1. The topological polar surface area (TPSA) is 44.9 Å². The molecule has 0 radical (unpaired) electrons. The summed E-state index contributed by atoms with van der Waals surface area (Å²) in [7, 11) is 0. The first-order valence-corrected chi connectivity index (χ1v) is 8.27. The normalized spacial score (nSPS) is 11.8. The van der Waals surface area contributed by atoms with Crippen molar-refractivity contribution >= 4 is 33.7 Å². The fraction of sp³-hybridized carbons (Fsp3) is 0.167. The average Bonchev–Trinajstić information content (AvgIpc) is 3.17. The van der Waals surface area contributed by atoms with E-state index >= 15 is 0 Å². The zero-order valence-electron chi connectivity index (χ0n) is 12.7. The van der Waals surface area contributed by atoms with Crippen molar-refractivity contribution in [3.05, 3.63) is 64.2 Å². The van der Waals surface area contributed by atoms with Gasteiger partial charge in [0.25, 0.3) is 0 Å². The van der Waals surface area contributed by atoms with Crippen LogP contribution >= 0.6 is 11.3 Å². The maximum absolute atomic E-state index is 13.3. The molecule has 2 aromatic heterocycles. The third kappa shape index (κ3) is 3.68. The summed E-state index contributed by atoms with van der Waals surface area (Å²) in [4.78, 5) is 16.1. The summed E-state index contributed by atoms with van der Waals surface area (Å²) in [6.45, 7) is 2.43. The van der Waals surface area contributed by atoms with E-state index in [1.807, 2.05) is 30.6 Å². The van der Waals surface area contributed by atoms with Gasteiger partial charge in [0, 0.05) is 34.6 Å². The predicted octanol–water partition coefficient (Wildman–Crippen LogP) is 4.13. The second-order valence-corrected chi connectivity index (χ2v) is 6.30. The minimum atomic E-state index is -0.253. The Bertz CT molecular complexity index is 849. The number of allylic oxidation sites excluding steroid dienone is 1. The largest absolute Gasteiger partial charge is 0.361 e. The van der Waals surface area contributed by atoms with E-state index in [1.54, 1.807) is 23.5 Å². The summed E-state index contributed by atoms with van der Waals surface area (Å²) in [6, 6.07) is 8.63. The third-order valence-electron chi connectivity index (χ3n) is 3.68. The highest BCUT2D eigenvalue weighted by molar-refractivity contribution is 7.11. The van der Waals surface area contributed by atoms with Gasteiger partial charge in [-0.3, -0.25) is 4.79 Å². The van der Waals surface area contributed by atoms with Crippen molar-refractivity contribution in [3.8, 4) is 0 Å². The van der Waals surface area contributed by atoms with E-state index in [1.165, 1.54) is 12.1 Å². The molecule has 0 saturated heterocycles. The minimum Gasteiger partial charge on any atom is -0.361 e. The van der Waals surface area contributed by atoms with Gasteiger partial charge in [0.1, 0.15) is 5.82 Å². The first kappa shape index (κ1) is 15.5. The molecule has 3 aromatic rings. The summed E-state index contributed by atoms with van der Waals surface area (Å²) in [5, 5.41) is 5.73. The Hall–Kier alpha value is -2.40. The lowest BCUT2D eigenvalue weighted by atomic mass is 10.1.